The van der Waals surface area contributed by atoms with Crippen molar-refractivity contribution in [2.24, 2.45) is 0 Å². The molecule has 18 heavy (non-hydrogen) atoms. The van der Waals surface area contributed by atoms with Crippen molar-refractivity contribution in [1.82, 2.24) is 0 Å². The summed E-state index contributed by atoms with van der Waals surface area (Å²) in [5.41, 5.74) is 0. The second-order valence-electron chi connectivity index (χ2n) is 3.37. The molecule has 0 aliphatic heterocycles. The summed E-state index contributed by atoms with van der Waals surface area (Å²) in [5.74, 6) is 0. The van der Waals surface area contributed by atoms with Crippen LogP contribution >= 0.6 is 0 Å². The van der Waals surface area contributed by atoms with Crippen LogP contribution in [-0.4, -0.2) is 38.1 Å². The average Bonchev–Trinajstić information content (AvgIpc) is 2.03. The van der Waals surface area contributed by atoms with E-state index >= 15 is 0 Å². The molecule has 1 aliphatic carbocycles. The maximum Gasteiger partial charge on any atom is 1.00 e. The van der Waals surface area contributed by atoms with Crippen molar-refractivity contribution in [3.05, 3.63) is 0 Å². The Hall–Kier alpha value is 1.74. The Morgan fingerprint density at radius 1 is 0.778 bits per heavy atom. The largest absolute Gasteiger partial charge is 1.00 e. The molecule has 2 atom stereocenters. The van der Waals surface area contributed by atoms with Gasteiger partial charge in [0.1, 0.15) is 12.2 Å². The van der Waals surface area contributed by atoms with Crippen LogP contribution in [0.15, 0.2) is 0 Å². The zero-order valence-corrected chi connectivity index (χ0v) is 15.7. The predicted molar refractivity (Wildman–Crippen MR) is 47.6 cm³/mol. The molecule has 1 aliphatic rings. The van der Waals surface area contributed by atoms with Crippen molar-refractivity contribution in [2.75, 3.05) is 0 Å². The third kappa shape index (κ3) is 9.61. The van der Waals surface area contributed by atoms with Crippen LogP contribution in [0.25, 0.3) is 0 Å². The summed E-state index contributed by atoms with van der Waals surface area (Å²) in [6.07, 6.45) is -0.971. The summed E-state index contributed by atoms with van der Waals surface area (Å²) in [6.45, 7) is 0. The van der Waals surface area contributed by atoms with Gasteiger partial charge in [-0.1, -0.05) is 12.8 Å². The minimum atomic E-state index is -4.94. The van der Waals surface area contributed by atoms with Gasteiger partial charge in [0.25, 0.3) is 0 Å². The molecule has 0 bridgehead atoms. The van der Waals surface area contributed by atoms with Crippen molar-refractivity contribution in [3.63, 3.8) is 0 Å². The molecule has 96 valence electrons. The van der Waals surface area contributed by atoms with Gasteiger partial charge in [0.05, 0.1) is 0 Å². The molecule has 12 heteroatoms. The van der Waals surface area contributed by atoms with Crippen molar-refractivity contribution >= 4 is 20.8 Å². The molecule has 0 unspecified atom stereocenters. The monoisotopic (exact) mass is 320 g/mol. The summed E-state index contributed by atoms with van der Waals surface area (Å²) in [4.78, 5) is 0. The molecule has 0 saturated heterocycles. The molecule has 0 aromatic rings. The van der Waals surface area contributed by atoms with E-state index in [1.807, 2.05) is 0 Å². The van der Waals surface area contributed by atoms with Crippen LogP contribution in [0.3, 0.4) is 0 Å². The minimum Gasteiger partial charge on any atom is -0.726 e. The first-order chi connectivity index (χ1) is 7.17. The van der Waals surface area contributed by atoms with E-state index < -0.39 is 33.0 Å². The molecule has 0 spiro atoms. The van der Waals surface area contributed by atoms with Gasteiger partial charge < -0.3 is 9.11 Å². The maximum atomic E-state index is 10.3. The van der Waals surface area contributed by atoms with Crippen LogP contribution in [0.4, 0.5) is 0 Å². The molecule has 0 heterocycles. The smallest absolute Gasteiger partial charge is 0.726 e. The molecule has 0 radical (unpaired) electrons. The predicted octanol–water partition coefficient (Wildman–Crippen LogP) is -6.74. The Bertz CT molecular complexity index is 391. The van der Waals surface area contributed by atoms with Crippen LogP contribution in [-0.2, 0) is 29.2 Å². The second kappa shape index (κ2) is 8.90. The second-order valence-corrected chi connectivity index (χ2v) is 5.39. The molecular formula is C6H10Na2O8S2. The number of hydrogen-bond donors (Lipinski definition) is 0. The van der Waals surface area contributed by atoms with Crippen molar-refractivity contribution in [3.8, 4) is 0 Å². The van der Waals surface area contributed by atoms with Crippen LogP contribution in [0.1, 0.15) is 25.7 Å². The van der Waals surface area contributed by atoms with Crippen LogP contribution in [0.5, 0.6) is 0 Å². The average molecular weight is 320 g/mol. The summed E-state index contributed by atoms with van der Waals surface area (Å²) in [6, 6.07) is 0. The summed E-state index contributed by atoms with van der Waals surface area (Å²) >= 11 is 0. The minimum absolute atomic E-state index is 0. The van der Waals surface area contributed by atoms with E-state index in [1.54, 1.807) is 0 Å². The van der Waals surface area contributed by atoms with Gasteiger partial charge in [-0.3, -0.25) is 8.37 Å². The maximum absolute atomic E-state index is 10.3. The topological polar surface area (TPSA) is 133 Å². The molecule has 0 N–H and O–H groups in total. The van der Waals surface area contributed by atoms with E-state index in [-0.39, 0.29) is 72.0 Å². The molecule has 1 saturated carbocycles. The van der Waals surface area contributed by atoms with Gasteiger partial charge in [-0.15, -0.1) is 0 Å². The van der Waals surface area contributed by atoms with Gasteiger partial charge in [-0.25, -0.2) is 16.8 Å². The zero-order valence-electron chi connectivity index (χ0n) is 10.1. The molecular weight excluding hydrogens is 310 g/mol. The summed E-state index contributed by atoms with van der Waals surface area (Å²) in [7, 11) is -9.88. The fraction of sp³-hybridized carbons (Fsp3) is 1.00. The van der Waals surface area contributed by atoms with Crippen LogP contribution < -0.4 is 59.1 Å². The fourth-order valence-corrected chi connectivity index (χ4v) is 2.63. The Kier molecular flexibility index (Phi) is 10.9. The quantitative estimate of drug-likeness (QED) is 0.283. The van der Waals surface area contributed by atoms with Gasteiger partial charge in [0.15, 0.2) is 0 Å². The van der Waals surface area contributed by atoms with Crippen molar-refractivity contribution in [1.29, 1.82) is 0 Å². The van der Waals surface area contributed by atoms with E-state index in [0.29, 0.717) is 12.8 Å². The zero-order chi connectivity index (χ0) is 12.4. The first-order valence-corrected chi connectivity index (χ1v) is 7.12. The van der Waals surface area contributed by atoms with Gasteiger partial charge in [-0.2, -0.15) is 0 Å². The number of hydrogen-bond acceptors (Lipinski definition) is 8. The Morgan fingerprint density at radius 3 is 1.28 bits per heavy atom. The Morgan fingerprint density at radius 2 is 1.06 bits per heavy atom. The van der Waals surface area contributed by atoms with E-state index in [9.17, 15) is 25.9 Å². The summed E-state index contributed by atoms with van der Waals surface area (Å²) < 4.78 is 70.3. The standard InChI is InChI=1S/C6H12O8S2.2Na/c7-15(8,9)13-5-3-1-2-4-6(5)14-16(10,11)12;;/h5-6H,1-4H2,(H,7,8,9)(H,10,11,12);;/q;2*+1/p-2/t5-,6+;;. The van der Waals surface area contributed by atoms with Gasteiger partial charge in [0, 0.05) is 0 Å². The Balaban J connectivity index is 0. The van der Waals surface area contributed by atoms with E-state index in [2.05, 4.69) is 8.37 Å². The normalized spacial score (nSPS) is 24.8. The van der Waals surface area contributed by atoms with Crippen molar-refractivity contribution in [2.45, 2.75) is 37.9 Å². The van der Waals surface area contributed by atoms with E-state index in [0.717, 1.165) is 0 Å². The van der Waals surface area contributed by atoms with Crippen LogP contribution in [0.2, 0.25) is 0 Å². The molecule has 1 rings (SSSR count). The molecule has 8 nitrogen and oxygen atoms in total. The van der Waals surface area contributed by atoms with E-state index in [4.69, 9.17) is 0 Å². The van der Waals surface area contributed by atoms with Gasteiger partial charge in [-0.05, 0) is 12.8 Å². The third-order valence-electron chi connectivity index (χ3n) is 2.12. The molecule has 0 aromatic carbocycles. The fourth-order valence-electron chi connectivity index (χ4n) is 1.59. The molecule has 1 fully saturated rings. The number of rotatable bonds is 4. The first-order valence-electron chi connectivity index (χ1n) is 4.45. The first kappa shape index (κ1) is 22.0. The molecule has 0 amide bonds. The summed E-state index contributed by atoms with van der Waals surface area (Å²) in [5, 5.41) is 0. The van der Waals surface area contributed by atoms with Crippen LogP contribution in [0, 0.1) is 0 Å². The Labute approximate surface area is 150 Å². The van der Waals surface area contributed by atoms with Gasteiger partial charge in [0.2, 0.25) is 20.8 Å². The SMILES string of the molecule is O=S(=O)([O-])O[C@H]1CCCC[C@H]1OS(=O)(=O)[O-].[Na+].[Na+]. The van der Waals surface area contributed by atoms with Crippen molar-refractivity contribution < 1.29 is 93.4 Å². The third-order valence-corrected chi connectivity index (χ3v) is 3.09. The van der Waals surface area contributed by atoms with E-state index in [1.165, 1.54) is 0 Å². The van der Waals surface area contributed by atoms with Gasteiger partial charge >= 0.3 is 59.1 Å². The molecule has 0 aromatic heterocycles.